The van der Waals surface area contributed by atoms with E-state index in [9.17, 15) is 19.2 Å². The van der Waals surface area contributed by atoms with E-state index in [0.29, 0.717) is 38.2 Å². The Morgan fingerprint density at radius 2 is 1.79 bits per heavy atom. The third-order valence-corrected chi connectivity index (χ3v) is 13.5. The summed E-state index contributed by atoms with van der Waals surface area (Å²) in [6.07, 6.45) is 4.50. The minimum atomic E-state index is -0.994. The molecule has 1 aromatic carbocycles. The third-order valence-electron chi connectivity index (χ3n) is 12.4. The lowest BCUT2D eigenvalue weighted by Gasteiger charge is -2.49. The smallest absolute Gasteiger partial charge is 0.412 e. The molecule has 2 amide bonds. The van der Waals surface area contributed by atoms with E-state index >= 15 is 8.78 Å². The number of nitrogens with one attached hydrogen (secondary N) is 1. The number of amides is 2. The zero-order valence-electron chi connectivity index (χ0n) is 35.8. The molecule has 14 nitrogen and oxygen atoms in total. The van der Waals surface area contributed by atoms with Gasteiger partial charge in [-0.3, -0.25) is 20.1 Å². The monoisotopic (exact) mass is 876 g/mol. The first-order valence-corrected chi connectivity index (χ1v) is 22.1. The summed E-state index contributed by atoms with van der Waals surface area (Å²) in [4.78, 5) is 46.8. The van der Waals surface area contributed by atoms with Crippen LogP contribution in [0.1, 0.15) is 92.1 Å². The number of piperazine rings is 1. The van der Waals surface area contributed by atoms with Gasteiger partial charge < -0.3 is 23.8 Å². The lowest BCUT2D eigenvalue weighted by atomic mass is 9.95. The van der Waals surface area contributed by atoms with Gasteiger partial charge in [-0.2, -0.15) is 15.2 Å². The van der Waals surface area contributed by atoms with Gasteiger partial charge in [0, 0.05) is 43.2 Å². The van der Waals surface area contributed by atoms with Gasteiger partial charge >= 0.3 is 18.2 Å². The molecule has 1 saturated carbocycles. The van der Waals surface area contributed by atoms with Crippen molar-refractivity contribution < 1.29 is 41.7 Å². The van der Waals surface area contributed by atoms with Gasteiger partial charge in [0.15, 0.2) is 5.82 Å². The highest BCUT2D eigenvalue weighted by Crippen LogP contribution is 2.47. The average molecular weight is 877 g/mol. The maximum absolute atomic E-state index is 17.5. The molecule has 4 saturated heterocycles. The molecule has 5 aliphatic rings. The Morgan fingerprint density at radius 1 is 1.02 bits per heavy atom. The molecule has 62 heavy (non-hydrogen) atoms. The summed E-state index contributed by atoms with van der Waals surface area (Å²) in [7, 11) is 0. The van der Waals surface area contributed by atoms with Crippen molar-refractivity contribution in [1.82, 2.24) is 24.8 Å². The van der Waals surface area contributed by atoms with E-state index in [1.165, 1.54) is 12.3 Å². The van der Waals surface area contributed by atoms with E-state index in [0.717, 1.165) is 49.6 Å². The number of alkyl halides is 1. The van der Waals surface area contributed by atoms with Crippen molar-refractivity contribution in [1.29, 1.82) is 5.26 Å². The maximum atomic E-state index is 17.5. The van der Waals surface area contributed by atoms with Crippen LogP contribution in [0.15, 0.2) is 18.3 Å². The first kappa shape index (κ1) is 42.3. The Bertz CT molecular complexity index is 2500. The Kier molecular flexibility index (Phi) is 10.5. The molecule has 1 N–H and O–H groups in total. The number of aromatic nitrogens is 3. The van der Waals surface area contributed by atoms with Crippen LogP contribution < -0.4 is 15.0 Å². The molecule has 9 rings (SSSR count). The van der Waals surface area contributed by atoms with Gasteiger partial charge in [0.05, 0.1) is 45.5 Å². The molecule has 1 aliphatic carbocycles. The minimum absolute atomic E-state index is 0.0129. The van der Waals surface area contributed by atoms with Gasteiger partial charge in [0.2, 0.25) is 0 Å². The van der Waals surface area contributed by atoms with Crippen LogP contribution in [0.3, 0.4) is 0 Å². The minimum Gasteiger partial charge on any atom is -0.461 e. The maximum Gasteiger partial charge on any atom is 0.412 e. The zero-order chi connectivity index (χ0) is 43.9. The number of halogens is 3. The van der Waals surface area contributed by atoms with E-state index < -0.39 is 52.3 Å². The van der Waals surface area contributed by atoms with Gasteiger partial charge in [-0.25, -0.2) is 22.8 Å². The fraction of sp³-hybridized carbons (Fsp3) is 0.591. The van der Waals surface area contributed by atoms with Crippen LogP contribution in [0.4, 0.5) is 33.6 Å². The number of thiophene rings is 1. The van der Waals surface area contributed by atoms with Crippen molar-refractivity contribution in [3.63, 3.8) is 0 Å². The lowest BCUT2D eigenvalue weighted by molar-refractivity contribution is -0.0366. The van der Waals surface area contributed by atoms with E-state index in [2.05, 4.69) is 26.3 Å². The number of benzene rings is 1. The van der Waals surface area contributed by atoms with Crippen LogP contribution in [0.25, 0.3) is 32.2 Å². The number of hydrogen-bond acceptors (Lipinski definition) is 13. The summed E-state index contributed by atoms with van der Waals surface area (Å²) in [6, 6.07) is 4.17. The largest absolute Gasteiger partial charge is 0.461 e. The molecule has 0 spiro atoms. The van der Waals surface area contributed by atoms with Gasteiger partial charge in [-0.15, -0.1) is 11.3 Å². The number of rotatable bonds is 9. The molecule has 4 aliphatic heterocycles. The quantitative estimate of drug-likeness (QED) is 0.171. The average Bonchev–Trinajstić information content (AvgIpc) is 3.62. The molecular weight excluding hydrogens is 826 g/mol. The van der Waals surface area contributed by atoms with Crippen molar-refractivity contribution >= 4 is 55.3 Å². The summed E-state index contributed by atoms with van der Waals surface area (Å²) >= 11 is 0.828. The number of ether oxygens (including phenoxy) is 4. The van der Waals surface area contributed by atoms with E-state index in [4.69, 9.17) is 23.9 Å². The number of carbonyl (C=O) groups is 2. The zero-order valence-corrected chi connectivity index (χ0v) is 36.6. The molecule has 4 aromatic rings. The first-order chi connectivity index (χ1) is 29.4. The molecule has 0 unspecified atom stereocenters. The number of nitriles is 1. The topological polar surface area (TPSA) is 155 Å². The molecular formula is C44H51F3N8O6S. The van der Waals surface area contributed by atoms with Crippen LogP contribution in [0.5, 0.6) is 6.01 Å². The van der Waals surface area contributed by atoms with Crippen molar-refractivity contribution in [3.8, 4) is 23.3 Å². The second-order valence-electron chi connectivity index (χ2n) is 19.4. The molecule has 2 bridgehead atoms. The highest BCUT2D eigenvalue weighted by molar-refractivity contribution is 7.23. The summed E-state index contributed by atoms with van der Waals surface area (Å²) in [5.74, 6) is -1.20. The number of carbonyl (C=O) groups excluding carboxylic acids is 2. The fourth-order valence-corrected chi connectivity index (χ4v) is 10.8. The number of nitrogens with zero attached hydrogens (tertiary/aromatic N) is 7. The molecule has 5 fully saturated rings. The van der Waals surface area contributed by atoms with Crippen molar-refractivity contribution in [2.24, 2.45) is 0 Å². The van der Waals surface area contributed by atoms with Crippen LogP contribution in [0.2, 0.25) is 0 Å². The van der Waals surface area contributed by atoms with Gasteiger partial charge in [-0.1, -0.05) is 0 Å². The van der Waals surface area contributed by atoms with Crippen molar-refractivity contribution in [3.05, 3.63) is 35.5 Å². The first-order valence-electron chi connectivity index (χ1n) is 21.3. The van der Waals surface area contributed by atoms with E-state index in [1.807, 2.05) is 30.6 Å². The number of fused-ring (bicyclic) bond motifs is 5. The summed E-state index contributed by atoms with van der Waals surface area (Å²) in [5.41, 5.74) is -3.20. The summed E-state index contributed by atoms with van der Waals surface area (Å²) < 4.78 is 71.9. The van der Waals surface area contributed by atoms with Crippen LogP contribution in [-0.4, -0.2) is 117 Å². The van der Waals surface area contributed by atoms with E-state index in [-0.39, 0.29) is 80.7 Å². The normalized spacial score (nSPS) is 25.0. The lowest BCUT2D eigenvalue weighted by Crippen LogP contribution is -2.66. The molecule has 3 aromatic heterocycles. The van der Waals surface area contributed by atoms with Gasteiger partial charge in [-0.05, 0) is 98.7 Å². The summed E-state index contributed by atoms with van der Waals surface area (Å²) in [6.45, 7) is 12.6. The van der Waals surface area contributed by atoms with Crippen molar-refractivity contribution in [2.45, 2.75) is 127 Å². The molecule has 18 heteroatoms. The SMILES string of the molecule is CC(C)(C)OC(=O)Nc1sc2c(F)ccc(-c3ncc4c(N5C[C@@H]6CC[C@](COC7CC7)(C5)N6C(=O)OC(C)(C)C)nc(OC[C@@]56CCCN5C[C@H](F)C6)nc4c3F)c2c1C#N. The molecule has 7 heterocycles. The predicted molar refractivity (Wildman–Crippen MR) is 226 cm³/mol. The number of hydrogen-bond donors (Lipinski definition) is 1. The number of pyridine rings is 1. The summed E-state index contributed by atoms with van der Waals surface area (Å²) in [5, 5.41) is 13.3. The fourth-order valence-electron chi connectivity index (χ4n) is 9.71. The second kappa shape index (κ2) is 15.4. The molecule has 4 atom stereocenters. The van der Waals surface area contributed by atoms with E-state index in [1.54, 1.807) is 20.8 Å². The second-order valence-corrected chi connectivity index (χ2v) is 20.4. The molecule has 330 valence electrons. The van der Waals surface area contributed by atoms with Crippen LogP contribution in [0, 0.1) is 23.0 Å². The third kappa shape index (κ3) is 7.85. The Balaban J connectivity index is 1.15. The Hall–Kier alpha value is -4.99. The van der Waals surface area contributed by atoms with Gasteiger partial charge in [0.1, 0.15) is 57.9 Å². The van der Waals surface area contributed by atoms with Gasteiger partial charge in [0.25, 0.3) is 0 Å². The highest BCUT2D eigenvalue weighted by Gasteiger charge is 2.56. The Labute approximate surface area is 361 Å². The van der Waals surface area contributed by atoms with Crippen molar-refractivity contribution in [2.75, 3.05) is 49.6 Å². The number of anilines is 2. The highest BCUT2D eigenvalue weighted by atomic mass is 32.1. The van der Waals surface area contributed by atoms with Crippen LogP contribution >= 0.6 is 11.3 Å². The standard InChI is InChI=1S/C44H51F3N8O6S/c1-41(2,3)60-39(56)52-37-28(17-48)31-27(10-11-30(46)35(31)62-37)33-32(47)34-29(18-49-33)36(51-38(50-34)59-22-43-13-7-15-54(43)19-24(45)16-43)53-20-25-12-14-44(21-53,23-58-26-8-9-26)55(25)40(57)61-42(4,5)6/h10-11,18,24-26H,7-9,12-16,19-23H2,1-6H3,(H,52,56)/t24-,25+,43+,44-/m1/s1. The van der Waals surface area contributed by atoms with Crippen LogP contribution in [-0.2, 0) is 14.2 Å². The Morgan fingerprint density at radius 3 is 2.52 bits per heavy atom. The predicted octanol–water partition coefficient (Wildman–Crippen LogP) is 8.50. The molecule has 0 radical (unpaired) electrons.